The zero-order chi connectivity index (χ0) is 18.9. The van der Waals surface area contributed by atoms with E-state index in [4.69, 9.17) is 4.74 Å². The third-order valence-corrected chi connectivity index (χ3v) is 6.73. The highest BCUT2D eigenvalue weighted by atomic mass is 32.2. The predicted octanol–water partition coefficient (Wildman–Crippen LogP) is 6.67. The Morgan fingerprint density at radius 2 is 1.48 bits per heavy atom. The maximum atomic E-state index is 12.6. The highest BCUT2D eigenvalue weighted by molar-refractivity contribution is 7.43. The van der Waals surface area contributed by atoms with Crippen molar-refractivity contribution in [2.75, 3.05) is 0 Å². The van der Waals surface area contributed by atoms with E-state index in [1.807, 2.05) is 68.4 Å². The molecule has 0 aliphatic heterocycles. The zero-order valence-corrected chi connectivity index (χ0v) is 16.2. The molecule has 0 radical (unpaired) electrons. The van der Waals surface area contributed by atoms with Crippen LogP contribution in [0, 0.1) is 0 Å². The SMILES string of the molecule is CC(C)(OC(=O)c1ccc(-[s+]2ccc3ccccc32)cc1)c1ccccc1. The van der Waals surface area contributed by atoms with Crippen molar-refractivity contribution in [2.24, 2.45) is 0 Å². The van der Waals surface area contributed by atoms with Crippen LogP contribution in [0.4, 0.5) is 0 Å². The highest BCUT2D eigenvalue weighted by Gasteiger charge is 2.26. The lowest BCUT2D eigenvalue weighted by atomic mass is 9.98. The zero-order valence-electron chi connectivity index (χ0n) is 15.4. The van der Waals surface area contributed by atoms with Gasteiger partial charge in [-0.05, 0) is 55.8 Å². The summed E-state index contributed by atoms with van der Waals surface area (Å²) in [5.74, 6) is -0.305. The molecule has 1 atom stereocenters. The van der Waals surface area contributed by atoms with Crippen LogP contribution in [0.25, 0.3) is 15.0 Å². The molecule has 0 fully saturated rings. The minimum absolute atomic E-state index is 0.0685. The van der Waals surface area contributed by atoms with Crippen molar-refractivity contribution in [3.8, 4) is 4.90 Å². The largest absolute Gasteiger partial charge is 0.451 e. The fourth-order valence-corrected chi connectivity index (χ4v) is 5.05. The monoisotopic (exact) mass is 373 g/mol. The Kier molecular flexibility index (Phi) is 4.54. The number of hydrogen-bond acceptors (Lipinski definition) is 2. The van der Waals surface area contributed by atoms with Gasteiger partial charge in [0.25, 0.3) is 0 Å². The molecule has 4 aromatic rings. The standard InChI is InChI=1S/C24H21O2S/c1-24(2,20-9-4-3-5-10-20)26-23(25)19-12-14-21(15-13-19)27-17-16-18-8-6-7-11-22(18)27/h3-17H,1-2H3/q+1. The Morgan fingerprint density at radius 3 is 2.22 bits per heavy atom. The molecule has 1 heterocycles. The van der Waals surface area contributed by atoms with Crippen LogP contribution in [0.15, 0.2) is 90.3 Å². The van der Waals surface area contributed by atoms with Crippen LogP contribution in [0.1, 0.15) is 29.8 Å². The van der Waals surface area contributed by atoms with Crippen molar-refractivity contribution in [1.29, 1.82) is 0 Å². The molecule has 1 unspecified atom stereocenters. The summed E-state index contributed by atoms with van der Waals surface area (Å²) in [5.41, 5.74) is 0.873. The molecule has 0 aliphatic rings. The summed E-state index contributed by atoms with van der Waals surface area (Å²) in [6.07, 6.45) is 0. The molecule has 0 saturated carbocycles. The molecule has 4 rings (SSSR count). The van der Waals surface area contributed by atoms with Crippen molar-refractivity contribution in [2.45, 2.75) is 19.4 Å². The molecule has 2 nitrogen and oxygen atoms in total. The maximum absolute atomic E-state index is 12.6. The lowest BCUT2D eigenvalue weighted by Gasteiger charge is -2.25. The Balaban J connectivity index is 1.56. The first-order chi connectivity index (χ1) is 13.0. The minimum Gasteiger partial charge on any atom is -0.451 e. The number of carbonyl (C=O) groups excluding carboxylic acids is 1. The molecule has 3 aromatic carbocycles. The van der Waals surface area contributed by atoms with Gasteiger partial charge in [-0.15, -0.1) is 0 Å². The van der Waals surface area contributed by atoms with Crippen molar-refractivity contribution >= 4 is 26.5 Å². The number of rotatable bonds is 4. The van der Waals surface area contributed by atoms with Gasteiger partial charge in [0.05, 0.1) is 5.56 Å². The van der Waals surface area contributed by atoms with Gasteiger partial charge in [0.15, 0.2) is 9.60 Å². The van der Waals surface area contributed by atoms with Gasteiger partial charge in [0.1, 0.15) is 11.0 Å². The third kappa shape index (κ3) is 3.51. The van der Waals surface area contributed by atoms with Crippen LogP contribution in [0.2, 0.25) is 0 Å². The number of esters is 1. The predicted molar refractivity (Wildman–Crippen MR) is 113 cm³/mol. The Hall–Kier alpha value is -2.91. The molecular formula is C24H21O2S+. The molecule has 0 spiro atoms. The highest BCUT2D eigenvalue weighted by Crippen LogP contribution is 2.39. The van der Waals surface area contributed by atoms with E-state index in [9.17, 15) is 4.79 Å². The van der Waals surface area contributed by atoms with Crippen molar-refractivity contribution in [3.05, 3.63) is 101 Å². The topological polar surface area (TPSA) is 26.3 Å². The summed E-state index contributed by atoms with van der Waals surface area (Å²) < 4.78 is 7.11. The van der Waals surface area contributed by atoms with E-state index in [2.05, 4.69) is 35.7 Å². The molecule has 0 aliphatic carbocycles. The molecule has 1 aromatic heterocycles. The average Bonchev–Trinajstić information content (AvgIpc) is 3.13. The van der Waals surface area contributed by atoms with Gasteiger partial charge in [-0.25, -0.2) is 4.79 Å². The van der Waals surface area contributed by atoms with E-state index in [-0.39, 0.29) is 16.4 Å². The van der Waals surface area contributed by atoms with Crippen LogP contribution >= 0.6 is 10.5 Å². The van der Waals surface area contributed by atoms with Crippen LogP contribution in [-0.4, -0.2) is 5.97 Å². The van der Waals surface area contributed by atoms with Crippen LogP contribution in [0.3, 0.4) is 0 Å². The van der Waals surface area contributed by atoms with Crippen molar-refractivity contribution in [3.63, 3.8) is 0 Å². The Morgan fingerprint density at radius 1 is 0.815 bits per heavy atom. The second kappa shape index (κ2) is 7.01. The normalized spacial score (nSPS) is 12.1. The van der Waals surface area contributed by atoms with Gasteiger partial charge in [0.2, 0.25) is 0 Å². The summed E-state index contributed by atoms with van der Waals surface area (Å²) in [7, 11) is -0.0685. The molecule has 0 N–H and O–H groups in total. The van der Waals surface area contributed by atoms with E-state index in [0.29, 0.717) is 5.56 Å². The van der Waals surface area contributed by atoms with E-state index in [0.717, 1.165) is 5.56 Å². The molecule has 3 heteroatoms. The van der Waals surface area contributed by atoms with Crippen molar-refractivity contribution < 1.29 is 9.53 Å². The van der Waals surface area contributed by atoms with Gasteiger partial charge in [0, 0.05) is 21.9 Å². The molecular weight excluding hydrogens is 352 g/mol. The van der Waals surface area contributed by atoms with Gasteiger partial charge in [-0.1, -0.05) is 42.5 Å². The van der Waals surface area contributed by atoms with E-state index in [1.54, 1.807) is 0 Å². The fraction of sp³-hybridized carbons (Fsp3) is 0.125. The number of thiophene rings is 1. The van der Waals surface area contributed by atoms with Gasteiger partial charge >= 0.3 is 5.97 Å². The number of benzene rings is 3. The quantitative estimate of drug-likeness (QED) is 0.295. The summed E-state index contributed by atoms with van der Waals surface area (Å²) in [6.45, 7) is 3.83. The third-order valence-electron chi connectivity index (χ3n) is 4.70. The van der Waals surface area contributed by atoms with Crippen LogP contribution in [-0.2, 0) is 10.3 Å². The second-order valence-corrected chi connectivity index (χ2v) is 8.83. The van der Waals surface area contributed by atoms with Gasteiger partial charge < -0.3 is 4.74 Å². The first kappa shape index (κ1) is 17.5. The first-order valence-electron chi connectivity index (χ1n) is 8.94. The summed E-state index contributed by atoms with van der Waals surface area (Å²) in [5, 5.41) is 3.50. The smallest absolute Gasteiger partial charge is 0.338 e. The Labute approximate surface area is 162 Å². The Bertz CT molecular complexity index is 1080. The number of fused-ring (bicyclic) bond motifs is 1. The lowest BCUT2D eigenvalue weighted by Crippen LogP contribution is -2.25. The van der Waals surface area contributed by atoms with E-state index >= 15 is 0 Å². The summed E-state index contributed by atoms with van der Waals surface area (Å²) in [6, 6.07) is 28.2. The lowest BCUT2D eigenvalue weighted by molar-refractivity contribution is -0.00312. The second-order valence-electron chi connectivity index (χ2n) is 6.97. The number of ether oxygens (including phenoxy) is 1. The first-order valence-corrected chi connectivity index (χ1v) is 10.2. The summed E-state index contributed by atoms with van der Waals surface area (Å²) in [4.78, 5) is 13.8. The van der Waals surface area contributed by atoms with Gasteiger partial charge in [-0.3, -0.25) is 0 Å². The maximum Gasteiger partial charge on any atom is 0.338 e. The van der Waals surface area contributed by atoms with Crippen LogP contribution < -0.4 is 0 Å². The molecule has 0 amide bonds. The van der Waals surface area contributed by atoms with Crippen LogP contribution in [0.5, 0.6) is 0 Å². The molecule has 0 bridgehead atoms. The fourth-order valence-electron chi connectivity index (χ4n) is 3.17. The van der Waals surface area contributed by atoms with Gasteiger partial charge in [-0.2, -0.15) is 0 Å². The van der Waals surface area contributed by atoms with Crippen molar-refractivity contribution in [1.82, 2.24) is 0 Å². The number of carbonyl (C=O) groups is 1. The van der Waals surface area contributed by atoms with E-state index < -0.39 is 5.60 Å². The molecule has 27 heavy (non-hydrogen) atoms. The minimum atomic E-state index is -0.675. The molecule has 134 valence electrons. The molecule has 0 saturated heterocycles. The number of hydrogen-bond donors (Lipinski definition) is 0. The summed E-state index contributed by atoms with van der Waals surface area (Å²) >= 11 is 0. The van der Waals surface area contributed by atoms with E-state index in [1.165, 1.54) is 15.0 Å². The average molecular weight is 373 g/mol.